The Labute approximate surface area is 37.0 Å². The van der Waals surface area contributed by atoms with Gasteiger partial charge in [0, 0.05) is 0 Å². The first-order valence-corrected chi connectivity index (χ1v) is 4.19. The van der Waals surface area contributed by atoms with Crippen molar-refractivity contribution in [1.29, 1.82) is 0 Å². The van der Waals surface area contributed by atoms with E-state index < -0.39 is 0 Å². The van der Waals surface area contributed by atoms with Crippen LogP contribution in [-0.4, -0.2) is 21.7 Å². The summed E-state index contributed by atoms with van der Waals surface area (Å²) in [4.78, 5) is 9.14. The molecule has 2 radical (unpaired) electrons. The van der Waals surface area contributed by atoms with E-state index in [1.807, 2.05) is 5.76 Å². The van der Waals surface area contributed by atoms with Crippen LogP contribution in [0.15, 0.2) is 3.95 Å². The van der Waals surface area contributed by atoms with Crippen LogP contribution in [0.4, 0.5) is 0 Å². The third-order valence-electron chi connectivity index (χ3n) is 0.157. The standard InChI is InChI=1S/C2H3GeNO/c1-3-4-2-5/h1H3. The Morgan fingerprint density at radius 2 is 2.60 bits per heavy atom. The van der Waals surface area contributed by atoms with E-state index in [0.29, 0.717) is 0 Å². The van der Waals surface area contributed by atoms with Gasteiger partial charge in [0.2, 0.25) is 0 Å². The summed E-state index contributed by atoms with van der Waals surface area (Å²) < 4.78 is 3.29. The van der Waals surface area contributed by atoms with Gasteiger partial charge in [-0.1, -0.05) is 0 Å². The van der Waals surface area contributed by atoms with Crippen molar-refractivity contribution in [3.63, 3.8) is 0 Å². The molecule has 0 saturated carbocycles. The van der Waals surface area contributed by atoms with Gasteiger partial charge in [0.25, 0.3) is 0 Å². The summed E-state index contributed by atoms with van der Waals surface area (Å²) in [6, 6.07) is 0. The summed E-state index contributed by atoms with van der Waals surface area (Å²) in [5, 5.41) is 0. The van der Waals surface area contributed by atoms with Gasteiger partial charge in [-0.05, 0) is 0 Å². The summed E-state index contributed by atoms with van der Waals surface area (Å²) in [5.74, 6) is 1.91. The Bertz CT molecular complexity index is 56.7. The van der Waals surface area contributed by atoms with E-state index in [-0.39, 0.29) is 15.7 Å². The third-order valence-corrected chi connectivity index (χ3v) is 0.818. The zero-order valence-corrected chi connectivity index (χ0v) is 4.95. The minimum atomic E-state index is -0.292. The van der Waals surface area contributed by atoms with Crippen molar-refractivity contribution in [3.05, 3.63) is 0 Å². The molecule has 0 atom stereocenters. The van der Waals surface area contributed by atoms with Crippen molar-refractivity contribution < 1.29 is 4.79 Å². The molecule has 0 aromatic carbocycles. The molecule has 0 amide bonds. The molecule has 0 aromatic heterocycles. The van der Waals surface area contributed by atoms with Crippen LogP contribution in [0.2, 0.25) is 5.76 Å². The number of hydrogen-bond acceptors (Lipinski definition) is 2. The van der Waals surface area contributed by atoms with Crippen molar-refractivity contribution in [3.8, 4) is 0 Å². The van der Waals surface area contributed by atoms with Crippen LogP contribution in [-0.2, 0) is 4.79 Å². The topological polar surface area (TPSA) is 29.4 Å². The molecule has 2 nitrogen and oxygen atoms in total. The molecule has 0 aromatic rings. The number of hydrogen-bond donors (Lipinski definition) is 0. The Morgan fingerprint density at radius 1 is 2.00 bits per heavy atom. The maximum absolute atomic E-state index is 9.14. The van der Waals surface area contributed by atoms with Gasteiger partial charge >= 0.3 is 36.2 Å². The second-order valence-electron chi connectivity index (χ2n) is 0.427. The third kappa shape index (κ3) is 3.92. The Morgan fingerprint density at radius 3 is 2.60 bits per heavy atom. The Kier molecular flexibility index (Phi) is 3.86. The molecule has 0 fully saturated rings. The van der Waals surface area contributed by atoms with Gasteiger partial charge < -0.3 is 0 Å². The van der Waals surface area contributed by atoms with E-state index >= 15 is 0 Å². The predicted molar refractivity (Wildman–Crippen MR) is 19.7 cm³/mol. The van der Waals surface area contributed by atoms with Gasteiger partial charge in [-0.15, -0.1) is 0 Å². The van der Waals surface area contributed by atoms with Crippen LogP contribution >= 0.6 is 0 Å². The first-order valence-electron chi connectivity index (χ1n) is 1.15. The monoisotopic (exact) mass is 131 g/mol. The van der Waals surface area contributed by atoms with Crippen LogP contribution in [0.25, 0.3) is 0 Å². The van der Waals surface area contributed by atoms with Crippen molar-refractivity contribution in [1.82, 2.24) is 0 Å². The molecule has 0 rings (SSSR count). The molecule has 3 heteroatoms. The van der Waals surface area contributed by atoms with E-state index in [1.54, 1.807) is 0 Å². The molecule has 0 aliphatic carbocycles. The van der Waals surface area contributed by atoms with Crippen LogP contribution in [0.3, 0.4) is 0 Å². The number of carbonyl (C=O) groups excluding carboxylic acids is 1. The molecule has 0 bridgehead atoms. The van der Waals surface area contributed by atoms with E-state index in [1.165, 1.54) is 6.08 Å². The van der Waals surface area contributed by atoms with Crippen molar-refractivity contribution in [2.24, 2.45) is 3.95 Å². The van der Waals surface area contributed by atoms with E-state index in [2.05, 4.69) is 3.95 Å². The van der Waals surface area contributed by atoms with Crippen LogP contribution in [0.5, 0.6) is 0 Å². The van der Waals surface area contributed by atoms with Gasteiger partial charge in [0.05, 0.1) is 0 Å². The van der Waals surface area contributed by atoms with Gasteiger partial charge in [-0.2, -0.15) is 0 Å². The fourth-order valence-corrected chi connectivity index (χ4v) is 0.237. The molecule has 5 heavy (non-hydrogen) atoms. The van der Waals surface area contributed by atoms with E-state index in [9.17, 15) is 0 Å². The summed E-state index contributed by atoms with van der Waals surface area (Å²) in [7, 11) is 0. The molecule has 0 aliphatic heterocycles. The summed E-state index contributed by atoms with van der Waals surface area (Å²) >= 11 is -0.292. The first-order chi connectivity index (χ1) is 2.41. The summed E-state index contributed by atoms with van der Waals surface area (Å²) in [5.41, 5.74) is 0. The number of nitrogens with zero attached hydrogens (tertiary/aromatic N) is 1. The summed E-state index contributed by atoms with van der Waals surface area (Å²) in [6.45, 7) is 0. The zero-order chi connectivity index (χ0) is 4.12. The predicted octanol–water partition coefficient (Wildman–Crippen LogP) is -0.0105. The molecule has 0 N–H and O–H groups in total. The van der Waals surface area contributed by atoms with Gasteiger partial charge in [-0.25, -0.2) is 0 Å². The normalized spacial score (nSPS) is 5.80. The number of rotatable bonds is 1. The van der Waals surface area contributed by atoms with Crippen LogP contribution in [0, 0.1) is 0 Å². The second kappa shape index (κ2) is 3.92. The van der Waals surface area contributed by atoms with Crippen molar-refractivity contribution >= 4 is 21.7 Å². The van der Waals surface area contributed by atoms with Gasteiger partial charge in [0.1, 0.15) is 0 Å². The van der Waals surface area contributed by atoms with Crippen molar-refractivity contribution in [2.45, 2.75) is 5.76 Å². The molecular weight excluding hydrogens is 127 g/mol. The van der Waals surface area contributed by atoms with Gasteiger partial charge in [-0.3, -0.25) is 0 Å². The molecule has 0 saturated heterocycles. The molecule has 0 aliphatic rings. The Hall–Kier alpha value is -0.0771. The molecule has 0 heterocycles. The fraction of sp³-hybridized carbons (Fsp3) is 0.500. The van der Waals surface area contributed by atoms with Crippen molar-refractivity contribution in [2.75, 3.05) is 0 Å². The fourth-order valence-electron chi connectivity index (χ4n) is 0.0456. The van der Waals surface area contributed by atoms with Crippen LogP contribution < -0.4 is 0 Å². The van der Waals surface area contributed by atoms with E-state index in [0.717, 1.165) is 0 Å². The quantitative estimate of drug-likeness (QED) is 0.278. The average Bonchev–Trinajstić information content (AvgIpc) is 1.41. The first kappa shape index (κ1) is 4.92. The summed E-state index contributed by atoms with van der Waals surface area (Å²) in [6.07, 6.45) is 1.45. The maximum atomic E-state index is 9.14. The average molecular weight is 130 g/mol. The molecule has 0 unspecified atom stereocenters. The molecular formula is C2H3GeNO. The molecule has 0 spiro atoms. The number of isocyanates is 1. The SMILES string of the molecule is [CH3][Ge][N]=C=O. The minimum absolute atomic E-state index is 0.292. The molecule has 26 valence electrons. The zero-order valence-electron chi connectivity index (χ0n) is 2.86. The second-order valence-corrected chi connectivity index (χ2v) is 1.83. The van der Waals surface area contributed by atoms with Crippen LogP contribution in [0.1, 0.15) is 0 Å². The van der Waals surface area contributed by atoms with Gasteiger partial charge in [0.15, 0.2) is 0 Å². The Balaban J connectivity index is 2.93. The van der Waals surface area contributed by atoms with E-state index in [4.69, 9.17) is 4.79 Å².